The van der Waals surface area contributed by atoms with E-state index >= 15 is 0 Å². The molecule has 0 aromatic rings. The molecule has 1 N–H and O–H groups in total. The van der Waals surface area contributed by atoms with Crippen LogP contribution in [0.2, 0.25) is 0 Å². The highest BCUT2D eigenvalue weighted by molar-refractivity contribution is 5.70. The number of allylic oxidation sites excluding steroid dienone is 2. The van der Waals surface area contributed by atoms with Crippen molar-refractivity contribution in [1.82, 2.24) is 0 Å². The van der Waals surface area contributed by atoms with Crippen LogP contribution in [0, 0.1) is 0 Å². The van der Waals surface area contributed by atoms with Crippen molar-refractivity contribution in [3.8, 4) is 0 Å². The van der Waals surface area contributed by atoms with Gasteiger partial charge in [0, 0.05) is 12.8 Å². The third kappa shape index (κ3) is 55.1. The molecule has 0 rings (SSSR count). The van der Waals surface area contributed by atoms with Crippen molar-refractivity contribution < 1.29 is 24.2 Å². The van der Waals surface area contributed by atoms with Gasteiger partial charge in [-0.15, -0.1) is 0 Å². The van der Waals surface area contributed by atoms with E-state index in [9.17, 15) is 14.7 Å². The van der Waals surface area contributed by atoms with Crippen LogP contribution in [0.1, 0.15) is 341 Å². The molecule has 0 aliphatic carbocycles. The summed E-state index contributed by atoms with van der Waals surface area (Å²) in [6, 6.07) is 0. The zero-order chi connectivity index (χ0) is 47.0. The third-order valence-corrected chi connectivity index (χ3v) is 13.8. The number of ether oxygens (including phenoxy) is 2. The average Bonchev–Trinajstić information content (AvgIpc) is 3.31. The van der Waals surface area contributed by atoms with Crippen molar-refractivity contribution in [2.45, 2.75) is 347 Å². The van der Waals surface area contributed by atoms with Crippen molar-refractivity contribution in [1.29, 1.82) is 0 Å². The van der Waals surface area contributed by atoms with Gasteiger partial charge in [0.25, 0.3) is 0 Å². The lowest BCUT2D eigenvalue weighted by Gasteiger charge is -2.15. The van der Waals surface area contributed by atoms with Gasteiger partial charge in [0.05, 0.1) is 6.61 Å². The van der Waals surface area contributed by atoms with Crippen molar-refractivity contribution in [2.24, 2.45) is 0 Å². The lowest BCUT2D eigenvalue weighted by molar-refractivity contribution is -0.161. The standard InChI is InChI=1S/C60H116O5/c1-3-5-7-9-11-13-15-17-19-20-21-22-23-24-25-26-27-28-29-30-31-32-33-34-35-36-37-38-39-40-41-43-45-47-49-51-53-55-60(63)65-58(56-61)57-64-59(62)54-52-50-48-46-44-42-18-16-14-12-10-8-6-4-2/h20-21,58,61H,3-19,22-57H2,1-2H3/b21-20-. The summed E-state index contributed by atoms with van der Waals surface area (Å²) in [7, 11) is 0. The Morgan fingerprint density at radius 1 is 0.338 bits per heavy atom. The van der Waals surface area contributed by atoms with Gasteiger partial charge in [-0.25, -0.2) is 0 Å². The van der Waals surface area contributed by atoms with E-state index in [1.54, 1.807) is 0 Å². The second kappa shape index (κ2) is 57.0. The van der Waals surface area contributed by atoms with Crippen LogP contribution >= 0.6 is 0 Å². The van der Waals surface area contributed by atoms with E-state index < -0.39 is 6.10 Å². The van der Waals surface area contributed by atoms with Gasteiger partial charge in [0.2, 0.25) is 0 Å². The Balaban J connectivity index is 3.34. The predicted octanol–water partition coefficient (Wildman–Crippen LogP) is 19.9. The van der Waals surface area contributed by atoms with Crippen molar-refractivity contribution in [2.75, 3.05) is 13.2 Å². The van der Waals surface area contributed by atoms with E-state index in [0.717, 1.165) is 32.1 Å². The molecule has 1 unspecified atom stereocenters. The maximum Gasteiger partial charge on any atom is 0.306 e. The van der Waals surface area contributed by atoms with Crippen molar-refractivity contribution >= 4 is 11.9 Å². The highest BCUT2D eigenvalue weighted by Gasteiger charge is 2.16. The number of hydrogen-bond donors (Lipinski definition) is 1. The van der Waals surface area contributed by atoms with Gasteiger partial charge in [-0.2, -0.15) is 0 Å². The first-order chi connectivity index (χ1) is 32.1. The lowest BCUT2D eigenvalue weighted by atomic mass is 10.0. The number of carbonyl (C=O) groups is 2. The van der Waals surface area contributed by atoms with Gasteiger partial charge >= 0.3 is 11.9 Å². The minimum Gasteiger partial charge on any atom is -0.462 e. The van der Waals surface area contributed by atoms with Gasteiger partial charge < -0.3 is 14.6 Å². The second-order valence-electron chi connectivity index (χ2n) is 20.4. The molecule has 0 saturated carbocycles. The average molecular weight is 918 g/mol. The molecule has 0 aliphatic heterocycles. The molecule has 0 aliphatic rings. The van der Waals surface area contributed by atoms with E-state index in [1.165, 1.54) is 283 Å². The number of carbonyl (C=O) groups excluding carboxylic acids is 2. The Kier molecular flexibility index (Phi) is 55.8. The van der Waals surface area contributed by atoms with Crippen LogP contribution in [-0.2, 0) is 19.1 Å². The Morgan fingerprint density at radius 2 is 0.569 bits per heavy atom. The molecule has 0 spiro atoms. The predicted molar refractivity (Wildman–Crippen MR) is 284 cm³/mol. The zero-order valence-electron chi connectivity index (χ0n) is 44.3. The van der Waals surface area contributed by atoms with Crippen molar-refractivity contribution in [3.63, 3.8) is 0 Å². The van der Waals surface area contributed by atoms with E-state index in [1.807, 2.05) is 0 Å². The molecule has 0 bridgehead atoms. The number of unbranched alkanes of at least 4 members (excludes halogenated alkanes) is 46. The minimum absolute atomic E-state index is 0.0571. The van der Waals surface area contributed by atoms with E-state index in [-0.39, 0.29) is 25.2 Å². The Hall–Kier alpha value is -1.36. The maximum atomic E-state index is 12.3. The minimum atomic E-state index is -0.764. The Labute approximate surface area is 407 Å². The Bertz CT molecular complexity index is 948. The van der Waals surface area contributed by atoms with Crippen LogP contribution in [-0.4, -0.2) is 36.4 Å². The lowest BCUT2D eigenvalue weighted by Crippen LogP contribution is -2.28. The van der Waals surface area contributed by atoms with Crippen LogP contribution in [0.4, 0.5) is 0 Å². The molecule has 5 nitrogen and oxygen atoms in total. The molecule has 0 heterocycles. The molecule has 5 heteroatoms. The SMILES string of the molecule is CCCCCCCCCC/C=C\CCCCCCCCCCCCCCCCCCCCCCCCCCCC(=O)OC(CO)COC(=O)CCCCCCCCCCCCCCCC. The first kappa shape index (κ1) is 63.6. The van der Waals surface area contributed by atoms with E-state index in [4.69, 9.17) is 9.47 Å². The number of esters is 2. The van der Waals surface area contributed by atoms with Gasteiger partial charge in [0.15, 0.2) is 6.10 Å². The summed E-state index contributed by atoms with van der Waals surface area (Å²) < 4.78 is 10.7. The molecular formula is C60H116O5. The quantitative estimate of drug-likeness (QED) is 0.0374. The smallest absolute Gasteiger partial charge is 0.306 e. The van der Waals surface area contributed by atoms with E-state index in [2.05, 4.69) is 26.0 Å². The molecule has 0 amide bonds. The maximum absolute atomic E-state index is 12.3. The van der Waals surface area contributed by atoms with Crippen LogP contribution < -0.4 is 0 Å². The van der Waals surface area contributed by atoms with Gasteiger partial charge in [-0.1, -0.05) is 302 Å². The topological polar surface area (TPSA) is 72.8 Å². The molecule has 0 saturated heterocycles. The highest BCUT2D eigenvalue weighted by Crippen LogP contribution is 2.18. The number of aliphatic hydroxyl groups excluding tert-OH is 1. The molecule has 0 radical (unpaired) electrons. The number of aliphatic hydroxyl groups is 1. The fraction of sp³-hybridized carbons (Fsp3) is 0.933. The molecule has 0 aromatic heterocycles. The van der Waals surface area contributed by atoms with Gasteiger partial charge in [-0.3, -0.25) is 9.59 Å². The first-order valence-corrected chi connectivity index (χ1v) is 29.7. The highest BCUT2D eigenvalue weighted by atomic mass is 16.6. The fourth-order valence-corrected chi connectivity index (χ4v) is 9.32. The summed E-state index contributed by atoms with van der Waals surface area (Å²) in [5, 5.41) is 9.63. The molecular weight excluding hydrogens is 801 g/mol. The molecule has 1 atom stereocenters. The zero-order valence-corrected chi connectivity index (χ0v) is 44.3. The monoisotopic (exact) mass is 917 g/mol. The second-order valence-corrected chi connectivity index (χ2v) is 20.4. The number of rotatable bonds is 56. The molecule has 65 heavy (non-hydrogen) atoms. The van der Waals surface area contributed by atoms with Crippen LogP contribution in [0.15, 0.2) is 12.2 Å². The summed E-state index contributed by atoms with van der Waals surface area (Å²) in [4.78, 5) is 24.4. The normalized spacial score (nSPS) is 12.1. The molecule has 386 valence electrons. The fourth-order valence-electron chi connectivity index (χ4n) is 9.32. The van der Waals surface area contributed by atoms with E-state index in [0.29, 0.717) is 12.8 Å². The number of hydrogen-bond acceptors (Lipinski definition) is 5. The van der Waals surface area contributed by atoms with Crippen LogP contribution in [0.25, 0.3) is 0 Å². The Morgan fingerprint density at radius 3 is 0.831 bits per heavy atom. The van der Waals surface area contributed by atoms with Crippen molar-refractivity contribution in [3.05, 3.63) is 12.2 Å². The summed E-state index contributed by atoms with van der Waals surface area (Å²) >= 11 is 0. The summed E-state index contributed by atoms with van der Waals surface area (Å²) in [5.41, 5.74) is 0. The largest absolute Gasteiger partial charge is 0.462 e. The summed E-state index contributed by atoms with van der Waals surface area (Å²) in [6.07, 6.45) is 70.8. The molecule has 0 fully saturated rings. The third-order valence-electron chi connectivity index (χ3n) is 13.8. The summed E-state index contributed by atoms with van der Waals surface area (Å²) in [6.45, 7) is 4.19. The molecule has 0 aromatic carbocycles. The van der Waals surface area contributed by atoms with Crippen LogP contribution in [0.3, 0.4) is 0 Å². The first-order valence-electron chi connectivity index (χ1n) is 29.7. The summed E-state index contributed by atoms with van der Waals surface area (Å²) in [5.74, 6) is -0.568. The van der Waals surface area contributed by atoms with Gasteiger partial charge in [-0.05, 0) is 38.5 Å². The van der Waals surface area contributed by atoms with Gasteiger partial charge in [0.1, 0.15) is 6.61 Å². The van der Waals surface area contributed by atoms with Crippen LogP contribution in [0.5, 0.6) is 0 Å².